The summed E-state index contributed by atoms with van der Waals surface area (Å²) in [6, 6.07) is 9.19. The molecular formula is C31H26F2N6O4S. The number of fused-ring (bicyclic) bond motifs is 1. The standard InChI is InChI=1S/C31H26F2N6O4S/c1-3-29(40)39-8-6-20(7-9-39)42-28-12-22-25(13-27(28)41-2)35-17-36-30(22)37-24-5-4-21(11-23(24)33)43-31-38-26(16-44-31)18-10-19(32)15-34-14-18/h3-5,10-17,20H,1,6-9H2,2H3,(H,35,36,37). The fourth-order valence-corrected chi connectivity index (χ4v) is 5.49. The highest BCUT2D eigenvalue weighted by atomic mass is 32.1. The number of rotatable bonds is 9. The smallest absolute Gasteiger partial charge is 0.279 e. The zero-order valence-corrected chi connectivity index (χ0v) is 24.3. The molecule has 0 spiro atoms. The number of ether oxygens (including phenoxy) is 3. The molecule has 0 saturated carbocycles. The summed E-state index contributed by atoms with van der Waals surface area (Å²) < 4.78 is 46.4. The molecule has 4 heterocycles. The van der Waals surface area contributed by atoms with Crippen molar-refractivity contribution in [3.8, 4) is 33.7 Å². The van der Waals surface area contributed by atoms with Crippen molar-refractivity contribution in [2.24, 2.45) is 0 Å². The molecule has 1 N–H and O–H groups in total. The molecule has 13 heteroatoms. The molecule has 224 valence electrons. The number of anilines is 2. The lowest BCUT2D eigenvalue weighted by atomic mass is 10.1. The Labute approximate surface area is 255 Å². The second-order valence-electron chi connectivity index (χ2n) is 9.85. The highest BCUT2D eigenvalue weighted by molar-refractivity contribution is 7.11. The quantitative estimate of drug-likeness (QED) is 0.185. The number of carbonyl (C=O) groups excluding carboxylic acids is 1. The number of piperidine rings is 1. The lowest BCUT2D eigenvalue weighted by Crippen LogP contribution is -2.41. The number of methoxy groups -OCH3 is 1. The lowest BCUT2D eigenvalue weighted by molar-refractivity contribution is -0.127. The number of hydrogen-bond donors (Lipinski definition) is 1. The van der Waals surface area contributed by atoms with Crippen molar-refractivity contribution in [1.29, 1.82) is 0 Å². The molecule has 0 atom stereocenters. The third kappa shape index (κ3) is 6.27. The first-order chi connectivity index (χ1) is 21.4. The Bertz CT molecular complexity index is 1840. The molecule has 3 aromatic heterocycles. The summed E-state index contributed by atoms with van der Waals surface area (Å²) in [6.07, 6.45) is 6.49. The summed E-state index contributed by atoms with van der Waals surface area (Å²) in [4.78, 5) is 30.5. The number of thiazole rings is 1. The van der Waals surface area contributed by atoms with Gasteiger partial charge in [0, 0.05) is 60.6 Å². The van der Waals surface area contributed by atoms with Crippen LogP contribution in [0.4, 0.5) is 20.3 Å². The monoisotopic (exact) mass is 616 g/mol. The maximum Gasteiger partial charge on any atom is 0.279 e. The van der Waals surface area contributed by atoms with Crippen molar-refractivity contribution >= 4 is 39.7 Å². The summed E-state index contributed by atoms with van der Waals surface area (Å²) in [5, 5.41) is 5.62. The Morgan fingerprint density at radius 3 is 2.70 bits per heavy atom. The fourth-order valence-electron chi connectivity index (χ4n) is 4.80. The zero-order valence-electron chi connectivity index (χ0n) is 23.5. The second-order valence-corrected chi connectivity index (χ2v) is 10.7. The van der Waals surface area contributed by atoms with Crippen LogP contribution in [0.3, 0.4) is 0 Å². The molecule has 6 rings (SSSR count). The van der Waals surface area contributed by atoms with Gasteiger partial charge in [-0.25, -0.2) is 23.7 Å². The summed E-state index contributed by atoms with van der Waals surface area (Å²) >= 11 is 1.20. The van der Waals surface area contributed by atoms with Gasteiger partial charge in [0.25, 0.3) is 5.19 Å². The first-order valence-corrected chi connectivity index (χ1v) is 14.5. The van der Waals surface area contributed by atoms with Crippen molar-refractivity contribution in [1.82, 2.24) is 24.8 Å². The van der Waals surface area contributed by atoms with Gasteiger partial charge in [0.1, 0.15) is 35.6 Å². The highest BCUT2D eigenvalue weighted by Crippen LogP contribution is 2.37. The number of halogens is 2. The number of amides is 1. The number of pyridine rings is 1. The number of hydrogen-bond acceptors (Lipinski definition) is 10. The first-order valence-electron chi connectivity index (χ1n) is 13.6. The molecule has 2 aromatic carbocycles. The second kappa shape index (κ2) is 12.6. The van der Waals surface area contributed by atoms with Crippen LogP contribution in [0.25, 0.3) is 22.2 Å². The Morgan fingerprint density at radius 1 is 1.11 bits per heavy atom. The summed E-state index contributed by atoms with van der Waals surface area (Å²) in [7, 11) is 1.55. The van der Waals surface area contributed by atoms with Crippen LogP contribution < -0.4 is 19.5 Å². The molecule has 0 unspecified atom stereocenters. The SMILES string of the molecule is C=CC(=O)N1CCC(Oc2cc3c(Nc4ccc(Oc5nc(-c6cncc(F)c6)cs5)cc4F)ncnc3cc2OC)CC1. The number of nitrogens with one attached hydrogen (secondary N) is 1. The predicted molar refractivity (Wildman–Crippen MR) is 162 cm³/mol. The van der Waals surface area contributed by atoms with E-state index < -0.39 is 11.6 Å². The van der Waals surface area contributed by atoms with Crippen LogP contribution in [0.2, 0.25) is 0 Å². The minimum atomic E-state index is -0.578. The summed E-state index contributed by atoms with van der Waals surface area (Å²) in [5.74, 6) is 0.454. The third-order valence-corrected chi connectivity index (χ3v) is 7.74. The molecule has 5 aromatic rings. The normalized spacial score (nSPS) is 13.5. The van der Waals surface area contributed by atoms with Crippen LogP contribution >= 0.6 is 11.3 Å². The van der Waals surface area contributed by atoms with Crippen LogP contribution in [-0.4, -0.2) is 57.0 Å². The predicted octanol–water partition coefficient (Wildman–Crippen LogP) is 6.53. The molecule has 1 aliphatic rings. The number of likely N-dealkylation sites (tertiary alicyclic amines) is 1. The van der Waals surface area contributed by atoms with Gasteiger partial charge in [0.2, 0.25) is 5.91 Å². The van der Waals surface area contributed by atoms with Gasteiger partial charge < -0.3 is 24.4 Å². The van der Waals surface area contributed by atoms with Crippen LogP contribution in [0, 0.1) is 11.6 Å². The molecule has 0 aliphatic carbocycles. The molecule has 10 nitrogen and oxygen atoms in total. The summed E-state index contributed by atoms with van der Waals surface area (Å²) in [6.45, 7) is 4.68. The Hall–Kier alpha value is -5.17. The fraction of sp³-hybridized carbons (Fsp3) is 0.194. The van der Waals surface area contributed by atoms with E-state index in [1.807, 2.05) is 0 Å². The van der Waals surface area contributed by atoms with Gasteiger partial charge in [-0.2, -0.15) is 0 Å². The van der Waals surface area contributed by atoms with E-state index in [0.717, 1.165) is 6.20 Å². The molecular weight excluding hydrogens is 590 g/mol. The Balaban J connectivity index is 1.19. The molecule has 1 fully saturated rings. The van der Waals surface area contributed by atoms with Crippen molar-refractivity contribution in [3.63, 3.8) is 0 Å². The van der Waals surface area contributed by atoms with Gasteiger partial charge in [0.15, 0.2) is 11.5 Å². The van der Waals surface area contributed by atoms with Gasteiger partial charge >= 0.3 is 0 Å². The van der Waals surface area contributed by atoms with E-state index >= 15 is 4.39 Å². The number of aromatic nitrogens is 4. The maximum atomic E-state index is 15.2. The minimum Gasteiger partial charge on any atom is -0.493 e. The first kappa shape index (κ1) is 28.9. The molecule has 1 saturated heterocycles. The van der Waals surface area contributed by atoms with Crippen LogP contribution in [0.5, 0.6) is 22.4 Å². The van der Waals surface area contributed by atoms with Gasteiger partial charge in [-0.1, -0.05) is 17.9 Å². The highest BCUT2D eigenvalue weighted by Gasteiger charge is 2.24. The molecule has 1 aliphatic heterocycles. The number of benzene rings is 2. The maximum absolute atomic E-state index is 15.2. The van der Waals surface area contributed by atoms with Gasteiger partial charge in [-0.3, -0.25) is 9.78 Å². The molecule has 0 radical (unpaired) electrons. The minimum absolute atomic E-state index is 0.0950. The number of nitrogens with zero attached hydrogens (tertiary/aromatic N) is 5. The van der Waals surface area contributed by atoms with Gasteiger partial charge in [-0.15, -0.1) is 0 Å². The Kier molecular flexibility index (Phi) is 8.28. The topological polar surface area (TPSA) is 112 Å². The van der Waals surface area contributed by atoms with E-state index in [9.17, 15) is 9.18 Å². The van der Waals surface area contributed by atoms with Crippen molar-refractivity contribution < 1.29 is 27.8 Å². The molecule has 1 amide bonds. The largest absolute Gasteiger partial charge is 0.493 e. The van der Waals surface area contributed by atoms with Crippen LogP contribution in [0.1, 0.15) is 12.8 Å². The summed E-state index contributed by atoms with van der Waals surface area (Å²) in [5.41, 5.74) is 1.75. The van der Waals surface area contributed by atoms with Crippen LogP contribution in [-0.2, 0) is 4.79 Å². The van der Waals surface area contributed by atoms with E-state index in [-0.39, 0.29) is 28.6 Å². The lowest BCUT2D eigenvalue weighted by Gasteiger charge is -2.31. The van der Waals surface area contributed by atoms with Crippen molar-refractivity contribution in [2.45, 2.75) is 18.9 Å². The van der Waals surface area contributed by atoms with E-state index in [4.69, 9.17) is 14.2 Å². The van der Waals surface area contributed by atoms with Gasteiger partial charge in [-0.05, 0) is 30.3 Å². The van der Waals surface area contributed by atoms with E-state index in [1.165, 1.54) is 48.1 Å². The van der Waals surface area contributed by atoms with E-state index in [2.05, 4.69) is 31.8 Å². The van der Waals surface area contributed by atoms with Crippen molar-refractivity contribution in [2.75, 3.05) is 25.5 Å². The average molecular weight is 617 g/mol. The van der Waals surface area contributed by atoms with Crippen LogP contribution in [0.15, 0.2) is 73.2 Å². The zero-order chi connectivity index (χ0) is 30.6. The number of carbonyl (C=O) groups is 1. The average Bonchev–Trinajstić information content (AvgIpc) is 3.51. The van der Waals surface area contributed by atoms with E-state index in [0.29, 0.717) is 65.4 Å². The third-order valence-electron chi connectivity index (χ3n) is 7.03. The Morgan fingerprint density at radius 2 is 1.95 bits per heavy atom. The van der Waals surface area contributed by atoms with Gasteiger partial charge in [0.05, 0.1) is 30.2 Å². The van der Waals surface area contributed by atoms with E-state index in [1.54, 1.807) is 35.6 Å². The molecule has 0 bridgehead atoms. The van der Waals surface area contributed by atoms with Crippen molar-refractivity contribution in [3.05, 3.63) is 84.8 Å². The molecule has 44 heavy (non-hydrogen) atoms.